The maximum atomic E-state index is 11.8. The van der Waals surface area contributed by atoms with Crippen LogP contribution in [-0.4, -0.2) is 32.2 Å². The number of unbranched alkanes of at least 4 members (excludes halogenated alkanes) is 1. The van der Waals surface area contributed by atoms with Crippen molar-refractivity contribution in [2.24, 2.45) is 0 Å². The summed E-state index contributed by atoms with van der Waals surface area (Å²) in [6.45, 7) is 5.30. The summed E-state index contributed by atoms with van der Waals surface area (Å²) < 4.78 is 26.3. The molecule has 1 aromatic rings. The topological polar surface area (TPSA) is 49.4 Å². The van der Waals surface area contributed by atoms with E-state index in [1.165, 1.54) is 37.9 Å². The van der Waals surface area contributed by atoms with Crippen LogP contribution in [0.2, 0.25) is 0 Å². The number of piperidine rings is 1. The van der Waals surface area contributed by atoms with Crippen molar-refractivity contribution in [1.82, 2.24) is 4.90 Å². The van der Waals surface area contributed by atoms with Crippen LogP contribution in [0.4, 0.5) is 5.69 Å². The molecule has 1 N–H and O–H groups in total. The molecule has 0 unspecified atom stereocenters. The molecule has 1 saturated heterocycles. The van der Waals surface area contributed by atoms with Crippen LogP contribution in [0.25, 0.3) is 0 Å². The van der Waals surface area contributed by atoms with Crippen LogP contribution < -0.4 is 4.72 Å². The Labute approximate surface area is 128 Å². The van der Waals surface area contributed by atoms with Gasteiger partial charge in [-0.2, -0.15) is 0 Å². The summed E-state index contributed by atoms with van der Waals surface area (Å²) in [5.74, 6) is 0.193. The Morgan fingerprint density at radius 1 is 1.10 bits per heavy atom. The molecule has 0 atom stereocenters. The lowest BCUT2D eigenvalue weighted by Crippen LogP contribution is -2.29. The van der Waals surface area contributed by atoms with E-state index < -0.39 is 10.0 Å². The van der Waals surface area contributed by atoms with Crippen molar-refractivity contribution in [3.05, 3.63) is 29.8 Å². The van der Waals surface area contributed by atoms with E-state index in [1.54, 1.807) is 0 Å². The van der Waals surface area contributed by atoms with E-state index >= 15 is 0 Å². The Morgan fingerprint density at radius 3 is 2.38 bits per heavy atom. The van der Waals surface area contributed by atoms with E-state index in [9.17, 15) is 8.42 Å². The molecule has 4 nitrogen and oxygen atoms in total. The van der Waals surface area contributed by atoms with Crippen molar-refractivity contribution in [2.75, 3.05) is 23.6 Å². The Bertz CT molecular complexity index is 520. The van der Waals surface area contributed by atoms with Gasteiger partial charge in [0.05, 0.1) is 5.75 Å². The number of hydrogen-bond acceptors (Lipinski definition) is 3. The Hall–Kier alpha value is -1.07. The largest absolute Gasteiger partial charge is 0.299 e. The fourth-order valence-electron chi connectivity index (χ4n) is 2.62. The van der Waals surface area contributed by atoms with Gasteiger partial charge in [-0.15, -0.1) is 0 Å². The van der Waals surface area contributed by atoms with E-state index in [-0.39, 0.29) is 5.75 Å². The van der Waals surface area contributed by atoms with E-state index in [1.807, 2.05) is 31.2 Å². The van der Waals surface area contributed by atoms with E-state index in [0.29, 0.717) is 12.1 Å². The highest BCUT2D eigenvalue weighted by atomic mass is 32.2. The summed E-state index contributed by atoms with van der Waals surface area (Å²) in [6, 6.07) is 7.77. The molecule has 0 aromatic heterocycles. The third-order valence-electron chi connectivity index (χ3n) is 3.85. The second-order valence-corrected chi connectivity index (χ2v) is 7.65. The molecule has 21 heavy (non-hydrogen) atoms. The van der Waals surface area contributed by atoms with Gasteiger partial charge in [0, 0.05) is 12.2 Å². The molecule has 1 aliphatic heterocycles. The molecule has 2 rings (SSSR count). The highest BCUT2D eigenvalue weighted by Crippen LogP contribution is 2.16. The van der Waals surface area contributed by atoms with Crippen molar-refractivity contribution < 1.29 is 8.42 Å². The van der Waals surface area contributed by atoms with Crippen LogP contribution in [0.1, 0.15) is 44.6 Å². The number of likely N-dealkylation sites (tertiary alicyclic amines) is 1. The normalized spacial score (nSPS) is 16.8. The quantitative estimate of drug-likeness (QED) is 0.841. The van der Waals surface area contributed by atoms with Gasteiger partial charge in [-0.25, -0.2) is 8.42 Å². The van der Waals surface area contributed by atoms with Gasteiger partial charge in [0.1, 0.15) is 0 Å². The molecule has 1 heterocycles. The number of benzene rings is 1. The van der Waals surface area contributed by atoms with Crippen LogP contribution in [0, 0.1) is 0 Å². The zero-order chi connectivity index (χ0) is 15.1. The van der Waals surface area contributed by atoms with Gasteiger partial charge in [-0.05, 0) is 50.0 Å². The maximum Gasteiger partial charge on any atom is 0.232 e. The van der Waals surface area contributed by atoms with Gasteiger partial charge in [-0.3, -0.25) is 9.62 Å². The highest BCUT2D eigenvalue weighted by molar-refractivity contribution is 7.92. The number of anilines is 1. The average molecular weight is 310 g/mol. The summed E-state index contributed by atoms with van der Waals surface area (Å²) in [4.78, 5) is 2.46. The first-order valence-corrected chi connectivity index (χ1v) is 9.56. The number of nitrogens with zero attached hydrogens (tertiary/aromatic N) is 1. The minimum atomic E-state index is -3.20. The van der Waals surface area contributed by atoms with Gasteiger partial charge in [0.25, 0.3) is 0 Å². The van der Waals surface area contributed by atoms with Gasteiger partial charge in [0.15, 0.2) is 0 Å². The molecule has 0 spiro atoms. The number of nitrogens with one attached hydrogen (secondary N) is 1. The van der Waals surface area contributed by atoms with Gasteiger partial charge >= 0.3 is 0 Å². The zero-order valence-electron chi connectivity index (χ0n) is 12.8. The molecule has 1 aliphatic rings. The first kappa shape index (κ1) is 16.3. The molecule has 0 bridgehead atoms. The summed E-state index contributed by atoms with van der Waals surface area (Å²) in [6.07, 6.45) is 5.50. The van der Waals surface area contributed by atoms with Crippen molar-refractivity contribution in [3.8, 4) is 0 Å². The first-order chi connectivity index (χ1) is 10.1. The van der Waals surface area contributed by atoms with E-state index in [4.69, 9.17) is 0 Å². The Kier molecular flexibility index (Phi) is 6.06. The number of sulfonamides is 1. The van der Waals surface area contributed by atoms with E-state index in [2.05, 4.69) is 9.62 Å². The molecule has 1 aromatic carbocycles. The van der Waals surface area contributed by atoms with Crippen molar-refractivity contribution in [3.63, 3.8) is 0 Å². The number of hydrogen-bond donors (Lipinski definition) is 1. The lowest BCUT2D eigenvalue weighted by Gasteiger charge is -2.26. The second kappa shape index (κ2) is 7.80. The van der Waals surface area contributed by atoms with Crippen LogP contribution in [0.5, 0.6) is 0 Å². The van der Waals surface area contributed by atoms with Gasteiger partial charge in [0.2, 0.25) is 10.0 Å². The fraction of sp³-hybridized carbons (Fsp3) is 0.625. The van der Waals surface area contributed by atoms with Crippen LogP contribution >= 0.6 is 0 Å². The zero-order valence-corrected chi connectivity index (χ0v) is 13.7. The molecular weight excluding hydrogens is 284 g/mol. The molecule has 5 heteroatoms. The highest BCUT2D eigenvalue weighted by Gasteiger charge is 2.11. The lowest BCUT2D eigenvalue weighted by molar-refractivity contribution is 0.221. The lowest BCUT2D eigenvalue weighted by atomic mass is 10.1. The SMILES string of the molecule is CCCCS(=O)(=O)Nc1ccc(CN2CCCCC2)cc1. The first-order valence-electron chi connectivity index (χ1n) is 7.91. The summed E-state index contributed by atoms with van der Waals surface area (Å²) in [5, 5.41) is 0. The molecule has 0 radical (unpaired) electrons. The van der Waals surface area contributed by atoms with Gasteiger partial charge in [-0.1, -0.05) is 31.9 Å². The summed E-state index contributed by atoms with van der Waals surface area (Å²) in [7, 11) is -3.20. The maximum absolute atomic E-state index is 11.8. The third kappa shape index (κ3) is 5.67. The molecule has 0 aliphatic carbocycles. The average Bonchev–Trinajstić information content (AvgIpc) is 2.48. The van der Waals surface area contributed by atoms with Crippen LogP contribution in [-0.2, 0) is 16.6 Å². The second-order valence-electron chi connectivity index (χ2n) is 5.81. The summed E-state index contributed by atoms with van der Waals surface area (Å²) in [5.41, 5.74) is 1.90. The van der Waals surface area contributed by atoms with Crippen LogP contribution in [0.15, 0.2) is 24.3 Å². The van der Waals surface area contributed by atoms with Gasteiger partial charge < -0.3 is 0 Å². The molecule has 118 valence electrons. The Morgan fingerprint density at radius 2 is 1.76 bits per heavy atom. The van der Waals surface area contributed by atoms with Crippen LogP contribution in [0.3, 0.4) is 0 Å². The van der Waals surface area contributed by atoms with Crippen molar-refractivity contribution in [1.29, 1.82) is 0 Å². The summed E-state index contributed by atoms with van der Waals surface area (Å²) >= 11 is 0. The predicted octanol–water partition coefficient (Wildman–Crippen LogP) is 3.21. The predicted molar refractivity (Wildman–Crippen MR) is 87.9 cm³/mol. The third-order valence-corrected chi connectivity index (χ3v) is 5.22. The molecule has 0 saturated carbocycles. The Balaban J connectivity index is 1.89. The monoisotopic (exact) mass is 310 g/mol. The molecular formula is C16H26N2O2S. The minimum absolute atomic E-state index is 0.193. The van der Waals surface area contributed by atoms with Crippen molar-refractivity contribution >= 4 is 15.7 Å². The number of rotatable bonds is 7. The minimum Gasteiger partial charge on any atom is -0.299 e. The standard InChI is InChI=1S/C16H26N2O2S/c1-2-3-13-21(19,20)17-16-9-7-15(8-10-16)14-18-11-5-4-6-12-18/h7-10,17H,2-6,11-14H2,1H3. The van der Waals surface area contributed by atoms with Crippen molar-refractivity contribution in [2.45, 2.75) is 45.6 Å². The molecule has 0 amide bonds. The fourth-order valence-corrected chi connectivity index (χ4v) is 3.88. The molecule has 1 fully saturated rings. The van der Waals surface area contributed by atoms with E-state index in [0.717, 1.165) is 13.0 Å². The smallest absolute Gasteiger partial charge is 0.232 e.